The molecule has 0 aromatic carbocycles. The Kier molecular flexibility index (Phi) is 4.00. The molecule has 0 aliphatic rings. The number of nitrogens with zero attached hydrogens (tertiary/aromatic N) is 1. The zero-order valence-corrected chi connectivity index (χ0v) is 5.50. The zero-order valence-electron chi connectivity index (χ0n) is 5.50. The molecule has 0 saturated carbocycles. The Hall–Kier alpha value is -0.610. The third-order valence-corrected chi connectivity index (χ3v) is 0.898. The highest BCUT2D eigenvalue weighted by atomic mass is 16.5. The van der Waals surface area contributed by atoms with Gasteiger partial charge < -0.3 is 5.73 Å². The van der Waals surface area contributed by atoms with Crippen LogP contribution in [0.2, 0.25) is 0 Å². The summed E-state index contributed by atoms with van der Waals surface area (Å²) in [7, 11) is 0. The van der Waals surface area contributed by atoms with Crippen molar-refractivity contribution < 1.29 is 10.0 Å². The molecule has 0 fully saturated rings. The van der Waals surface area contributed by atoms with Crippen molar-refractivity contribution in [1.82, 2.24) is 5.06 Å². The Balaban J connectivity index is 3.45. The van der Waals surface area contributed by atoms with Crippen molar-refractivity contribution in [2.24, 2.45) is 5.73 Å². The average Bonchev–Trinajstić information content (AvgIpc) is 1.87. The van der Waals surface area contributed by atoms with Crippen LogP contribution in [-0.4, -0.2) is 29.3 Å². The van der Waals surface area contributed by atoms with Crippen molar-refractivity contribution in [2.75, 3.05) is 13.1 Å². The van der Waals surface area contributed by atoms with Crippen molar-refractivity contribution in [3.8, 4) is 0 Å². The number of amides is 1. The Morgan fingerprint density at radius 1 is 1.78 bits per heavy atom. The van der Waals surface area contributed by atoms with Gasteiger partial charge in [-0.2, -0.15) is 0 Å². The van der Waals surface area contributed by atoms with E-state index in [0.717, 1.165) is 6.42 Å². The monoisotopic (exact) mass is 132 g/mol. The van der Waals surface area contributed by atoms with Gasteiger partial charge in [-0.15, -0.1) is 0 Å². The number of hydroxylamine groups is 2. The van der Waals surface area contributed by atoms with E-state index in [1.54, 1.807) is 0 Å². The predicted octanol–water partition coefficient (Wildman–Crippen LogP) is -0.427. The molecule has 0 rings (SSSR count). The number of nitrogens with two attached hydrogens (primary N) is 1. The molecule has 0 bridgehead atoms. The van der Waals surface area contributed by atoms with E-state index in [9.17, 15) is 4.79 Å². The van der Waals surface area contributed by atoms with Crippen LogP contribution in [0.4, 0.5) is 0 Å². The number of hydrogen-bond acceptors (Lipinski definition) is 3. The van der Waals surface area contributed by atoms with Crippen LogP contribution in [0, 0.1) is 0 Å². The van der Waals surface area contributed by atoms with Crippen molar-refractivity contribution in [1.29, 1.82) is 0 Å². The number of hydrogen-bond donors (Lipinski definition) is 2. The Bertz CT molecular complexity index is 95.0. The molecule has 0 aromatic heterocycles. The van der Waals surface area contributed by atoms with Gasteiger partial charge in [-0.25, -0.2) is 5.06 Å². The molecule has 0 aliphatic heterocycles. The Labute approximate surface area is 54.2 Å². The van der Waals surface area contributed by atoms with Crippen LogP contribution in [0.3, 0.4) is 0 Å². The number of carbonyl (C=O) groups is 1. The number of carbonyl (C=O) groups excluding carboxylic acids is 1. The first-order chi connectivity index (χ1) is 4.22. The Morgan fingerprint density at radius 3 is 2.67 bits per heavy atom. The van der Waals surface area contributed by atoms with Crippen LogP contribution >= 0.6 is 0 Å². The normalized spacial score (nSPS) is 9.22. The second-order valence-corrected chi connectivity index (χ2v) is 1.72. The minimum atomic E-state index is -0.433. The number of rotatable bonds is 3. The van der Waals surface area contributed by atoms with Crippen LogP contribution in [0.15, 0.2) is 0 Å². The van der Waals surface area contributed by atoms with E-state index >= 15 is 0 Å². The minimum absolute atomic E-state index is 0.128. The molecule has 9 heavy (non-hydrogen) atoms. The highest BCUT2D eigenvalue weighted by Gasteiger charge is 2.04. The summed E-state index contributed by atoms with van der Waals surface area (Å²) in [5, 5.41) is 9.36. The van der Waals surface area contributed by atoms with Gasteiger partial charge in [0, 0.05) is 6.54 Å². The standard InChI is InChI=1S/C5H12N2O2/c1-2-3-7(9)5(8)4-6/h9H,2-4,6H2,1H3. The van der Waals surface area contributed by atoms with Gasteiger partial charge in [0.1, 0.15) is 0 Å². The first kappa shape index (κ1) is 8.39. The summed E-state index contributed by atoms with van der Waals surface area (Å²) in [5.74, 6) is -0.433. The van der Waals surface area contributed by atoms with Crippen molar-refractivity contribution >= 4 is 5.91 Å². The summed E-state index contributed by atoms with van der Waals surface area (Å²) >= 11 is 0. The van der Waals surface area contributed by atoms with E-state index in [0.29, 0.717) is 11.6 Å². The second kappa shape index (κ2) is 4.29. The maximum atomic E-state index is 10.5. The van der Waals surface area contributed by atoms with Crippen LogP contribution in [0.5, 0.6) is 0 Å². The molecule has 1 amide bonds. The zero-order chi connectivity index (χ0) is 7.28. The SMILES string of the molecule is CCCN(O)C(=O)CN. The maximum absolute atomic E-state index is 10.5. The fourth-order valence-electron chi connectivity index (χ4n) is 0.442. The summed E-state index contributed by atoms with van der Waals surface area (Å²) in [6.45, 7) is 2.10. The van der Waals surface area contributed by atoms with Crippen LogP contribution in [-0.2, 0) is 4.79 Å². The second-order valence-electron chi connectivity index (χ2n) is 1.72. The third kappa shape index (κ3) is 3.05. The van der Waals surface area contributed by atoms with Crippen LogP contribution in [0.25, 0.3) is 0 Å². The lowest BCUT2D eigenvalue weighted by Crippen LogP contribution is -2.33. The smallest absolute Gasteiger partial charge is 0.259 e. The van der Waals surface area contributed by atoms with E-state index in [4.69, 9.17) is 10.9 Å². The van der Waals surface area contributed by atoms with E-state index in [1.165, 1.54) is 0 Å². The average molecular weight is 132 g/mol. The topological polar surface area (TPSA) is 66.6 Å². The lowest BCUT2D eigenvalue weighted by Gasteiger charge is -2.11. The molecule has 0 aliphatic carbocycles. The van der Waals surface area contributed by atoms with Crippen LogP contribution in [0.1, 0.15) is 13.3 Å². The van der Waals surface area contributed by atoms with E-state index < -0.39 is 5.91 Å². The van der Waals surface area contributed by atoms with Gasteiger partial charge in [0.25, 0.3) is 5.91 Å². The first-order valence-corrected chi connectivity index (χ1v) is 2.91. The van der Waals surface area contributed by atoms with Crippen molar-refractivity contribution in [3.05, 3.63) is 0 Å². The molecule has 0 saturated heterocycles. The van der Waals surface area contributed by atoms with Gasteiger partial charge in [0.05, 0.1) is 6.54 Å². The lowest BCUT2D eigenvalue weighted by molar-refractivity contribution is -0.163. The molecule has 0 heterocycles. The lowest BCUT2D eigenvalue weighted by atomic mass is 10.4. The van der Waals surface area contributed by atoms with Crippen LogP contribution < -0.4 is 5.73 Å². The van der Waals surface area contributed by atoms with E-state index in [1.807, 2.05) is 6.92 Å². The van der Waals surface area contributed by atoms with Crippen molar-refractivity contribution in [2.45, 2.75) is 13.3 Å². The molecular formula is C5H12N2O2. The van der Waals surface area contributed by atoms with Gasteiger partial charge in [-0.05, 0) is 6.42 Å². The van der Waals surface area contributed by atoms with E-state index in [-0.39, 0.29) is 6.54 Å². The summed E-state index contributed by atoms with van der Waals surface area (Å²) in [5.41, 5.74) is 4.95. The maximum Gasteiger partial charge on any atom is 0.259 e. The molecule has 0 atom stereocenters. The summed E-state index contributed by atoms with van der Waals surface area (Å²) in [4.78, 5) is 10.5. The summed E-state index contributed by atoms with van der Waals surface area (Å²) in [6, 6.07) is 0. The van der Waals surface area contributed by atoms with Gasteiger partial charge in [0.15, 0.2) is 0 Å². The molecular weight excluding hydrogens is 120 g/mol. The molecule has 3 N–H and O–H groups in total. The molecule has 0 radical (unpaired) electrons. The third-order valence-electron chi connectivity index (χ3n) is 0.898. The highest BCUT2D eigenvalue weighted by molar-refractivity contribution is 5.76. The summed E-state index contributed by atoms with van der Waals surface area (Å²) in [6.07, 6.45) is 0.738. The van der Waals surface area contributed by atoms with Gasteiger partial charge in [0.2, 0.25) is 0 Å². The fraction of sp³-hybridized carbons (Fsp3) is 0.800. The minimum Gasteiger partial charge on any atom is -0.322 e. The molecule has 4 nitrogen and oxygen atoms in total. The predicted molar refractivity (Wildman–Crippen MR) is 32.8 cm³/mol. The molecule has 0 unspecified atom stereocenters. The van der Waals surface area contributed by atoms with Crippen molar-refractivity contribution in [3.63, 3.8) is 0 Å². The Morgan fingerprint density at radius 2 is 2.33 bits per heavy atom. The largest absolute Gasteiger partial charge is 0.322 e. The van der Waals surface area contributed by atoms with Gasteiger partial charge in [-0.3, -0.25) is 10.0 Å². The highest BCUT2D eigenvalue weighted by Crippen LogP contribution is 1.84. The quantitative estimate of drug-likeness (QED) is 0.404. The van der Waals surface area contributed by atoms with Gasteiger partial charge in [-0.1, -0.05) is 6.92 Å². The molecule has 4 heteroatoms. The summed E-state index contributed by atoms with van der Waals surface area (Å²) < 4.78 is 0. The molecule has 0 spiro atoms. The van der Waals surface area contributed by atoms with Gasteiger partial charge >= 0.3 is 0 Å². The first-order valence-electron chi connectivity index (χ1n) is 2.91. The molecule has 54 valence electrons. The fourth-order valence-corrected chi connectivity index (χ4v) is 0.442. The molecule has 0 aromatic rings. The van der Waals surface area contributed by atoms with E-state index in [2.05, 4.69) is 0 Å².